The molecule has 1 unspecified atom stereocenters. The first kappa shape index (κ1) is 36.5. The minimum Gasteiger partial charge on any atom is -0.351 e. The van der Waals surface area contributed by atoms with Crippen molar-refractivity contribution in [2.45, 2.75) is 47.0 Å². The Morgan fingerprint density at radius 1 is 0.917 bits per heavy atom. The van der Waals surface area contributed by atoms with E-state index in [9.17, 15) is 18.0 Å². The minimum absolute atomic E-state index is 0.00467. The molecule has 7 nitrogen and oxygen atoms in total. The third-order valence-corrected chi connectivity index (χ3v) is 8.74. The molecule has 48 heavy (non-hydrogen) atoms. The summed E-state index contributed by atoms with van der Waals surface area (Å²) < 4.78 is 46.3. The van der Waals surface area contributed by atoms with Gasteiger partial charge in [-0.2, -0.15) is 8.42 Å². The molecule has 1 atom stereocenters. The fraction of sp³-hybridized carbons (Fsp3) is 0.263. The number of aryl methyl sites for hydroxylation is 2. The molecule has 4 rings (SSSR count). The standard InChI is InChI=1S/C38H40ClFN2O5S/c1-24-20-30(39)14-15-31(24)32-23-34(40)35(21-25(32)2)42-37(44)33(28-10-6-26(7-11-28)16-17-38(3,4)5)22-27-8-12-29(13-9-27)36(43)41-18-19-48(45,46)47/h6-17,20-21,23,33H,18-19,22H2,1-5H3,(H,41,43)(H,42,44)(H,45,46,47)/b17-16+. The number of carbonyl (C=O) groups is 2. The summed E-state index contributed by atoms with van der Waals surface area (Å²) in [7, 11) is -4.20. The summed E-state index contributed by atoms with van der Waals surface area (Å²) in [6.45, 7) is 9.86. The molecule has 0 aliphatic rings. The fourth-order valence-corrected chi connectivity index (χ4v) is 5.77. The van der Waals surface area contributed by atoms with Crippen LogP contribution in [0.4, 0.5) is 10.1 Å². The van der Waals surface area contributed by atoms with Crippen LogP contribution in [0.1, 0.15) is 64.9 Å². The van der Waals surface area contributed by atoms with E-state index >= 15 is 4.39 Å². The van der Waals surface area contributed by atoms with Gasteiger partial charge in [0.15, 0.2) is 0 Å². The lowest BCUT2D eigenvalue weighted by atomic mass is 9.89. The second kappa shape index (κ2) is 15.3. The van der Waals surface area contributed by atoms with Crippen molar-refractivity contribution < 1.29 is 27.0 Å². The summed E-state index contributed by atoms with van der Waals surface area (Å²) >= 11 is 6.12. The fourth-order valence-electron chi connectivity index (χ4n) is 5.19. The van der Waals surface area contributed by atoms with Crippen molar-refractivity contribution >= 4 is 45.3 Å². The van der Waals surface area contributed by atoms with Gasteiger partial charge in [0.25, 0.3) is 16.0 Å². The number of amides is 2. The zero-order valence-electron chi connectivity index (χ0n) is 27.6. The molecule has 3 N–H and O–H groups in total. The Bertz CT molecular complexity index is 1930. The van der Waals surface area contributed by atoms with Crippen LogP contribution in [0.25, 0.3) is 17.2 Å². The summed E-state index contributed by atoms with van der Waals surface area (Å²) in [5, 5.41) is 5.86. The van der Waals surface area contributed by atoms with Crippen LogP contribution in [0.15, 0.2) is 84.9 Å². The second-order valence-corrected chi connectivity index (χ2v) is 15.0. The lowest BCUT2D eigenvalue weighted by Gasteiger charge is -2.20. The summed E-state index contributed by atoms with van der Waals surface area (Å²) in [6, 6.07) is 22.7. The minimum atomic E-state index is -4.20. The van der Waals surface area contributed by atoms with Crippen molar-refractivity contribution in [1.82, 2.24) is 5.32 Å². The van der Waals surface area contributed by atoms with Crippen LogP contribution in [-0.2, 0) is 21.3 Å². The van der Waals surface area contributed by atoms with Gasteiger partial charge in [0.1, 0.15) is 5.82 Å². The number of hydrogen-bond acceptors (Lipinski definition) is 4. The molecular formula is C38H40ClFN2O5S. The third kappa shape index (κ3) is 10.3. The van der Waals surface area contributed by atoms with E-state index in [-0.39, 0.29) is 24.1 Å². The van der Waals surface area contributed by atoms with Crippen LogP contribution in [-0.4, -0.2) is 37.1 Å². The van der Waals surface area contributed by atoms with Crippen LogP contribution in [0, 0.1) is 25.1 Å². The Kier molecular flexibility index (Phi) is 11.6. The lowest BCUT2D eigenvalue weighted by Crippen LogP contribution is -2.28. The lowest BCUT2D eigenvalue weighted by molar-refractivity contribution is -0.117. The molecule has 0 saturated carbocycles. The Hall–Kier alpha value is -4.31. The molecule has 0 aromatic heterocycles. The quantitative estimate of drug-likeness (QED) is 0.137. The van der Waals surface area contributed by atoms with E-state index in [4.69, 9.17) is 16.2 Å². The normalized spacial score (nSPS) is 12.6. The molecule has 0 heterocycles. The Balaban J connectivity index is 1.60. The molecule has 0 saturated heterocycles. The highest BCUT2D eigenvalue weighted by molar-refractivity contribution is 7.85. The molecule has 2 amide bonds. The molecule has 0 radical (unpaired) electrons. The number of benzene rings is 4. The van der Waals surface area contributed by atoms with E-state index in [0.29, 0.717) is 16.1 Å². The summed E-state index contributed by atoms with van der Waals surface area (Å²) in [5.41, 5.74) is 6.08. The highest BCUT2D eigenvalue weighted by atomic mass is 35.5. The van der Waals surface area contributed by atoms with Crippen molar-refractivity contribution in [3.05, 3.63) is 129 Å². The van der Waals surface area contributed by atoms with Crippen LogP contribution in [0.5, 0.6) is 0 Å². The van der Waals surface area contributed by atoms with Gasteiger partial charge in [0.2, 0.25) is 5.91 Å². The largest absolute Gasteiger partial charge is 0.351 e. The molecule has 4 aromatic rings. The predicted molar refractivity (Wildman–Crippen MR) is 192 cm³/mol. The molecule has 0 aliphatic heterocycles. The van der Waals surface area contributed by atoms with Gasteiger partial charge in [-0.15, -0.1) is 0 Å². The van der Waals surface area contributed by atoms with Crippen molar-refractivity contribution in [2.24, 2.45) is 5.41 Å². The number of nitrogens with one attached hydrogen (secondary N) is 2. The maximum absolute atomic E-state index is 15.6. The zero-order chi connectivity index (χ0) is 35.2. The summed E-state index contributed by atoms with van der Waals surface area (Å²) in [4.78, 5) is 26.4. The summed E-state index contributed by atoms with van der Waals surface area (Å²) in [6.07, 6.45) is 4.39. The van der Waals surface area contributed by atoms with Gasteiger partial charge in [-0.25, -0.2) is 4.39 Å². The number of rotatable bonds is 11. The van der Waals surface area contributed by atoms with Crippen molar-refractivity contribution in [3.63, 3.8) is 0 Å². The number of carbonyl (C=O) groups excluding carboxylic acids is 2. The molecule has 4 aromatic carbocycles. The van der Waals surface area contributed by atoms with Crippen LogP contribution < -0.4 is 10.6 Å². The zero-order valence-corrected chi connectivity index (χ0v) is 29.2. The number of anilines is 1. The van der Waals surface area contributed by atoms with E-state index in [2.05, 4.69) is 37.5 Å². The van der Waals surface area contributed by atoms with Crippen LogP contribution >= 0.6 is 11.6 Å². The van der Waals surface area contributed by atoms with E-state index < -0.39 is 39.4 Å². The van der Waals surface area contributed by atoms with Crippen LogP contribution in [0.2, 0.25) is 5.02 Å². The monoisotopic (exact) mass is 690 g/mol. The predicted octanol–water partition coefficient (Wildman–Crippen LogP) is 8.40. The molecule has 0 bridgehead atoms. The number of hydrogen-bond donors (Lipinski definition) is 3. The number of allylic oxidation sites excluding steroid dienone is 1. The molecule has 252 valence electrons. The van der Waals surface area contributed by atoms with Gasteiger partial charge < -0.3 is 10.6 Å². The number of halogens is 2. The van der Waals surface area contributed by atoms with E-state index in [0.717, 1.165) is 33.4 Å². The smallest absolute Gasteiger partial charge is 0.266 e. The first-order valence-corrected chi connectivity index (χ1v) is 17.5. The molecule has 0 fully saturated rings. The van der Waals surface area contributed by atoms with Crippen LogP contribution in [0.3, 0.4) is 0 Å². The van der Waals surface area contributed by atoms with Gasteiger partial charge in [0, 0.05) is 17.1 Å². The Labute approximate surface area is 287 Å². The van der Waals surface area contributed by atoms with E-state index in [1.165, 1.54) is 6.07 Å². The molecule has 0 aliphatic carbocycles. The van der Waals surface area contributed by atoms with Crippen molar-refractivity contribution in [1.29, 1.82) is 0 Å². The Morgan fingerprint density at radius 2 is 1.56 bits per heavy atom. The van der Waals surface area contributed by atoms with Gasteiger partial charge in [-0.3, -0.25) is 14.1 Å². The molecule has 0 spiro atoms. The topological polar surface area (TPSA) is 113 Å². The first-order valence-electron chi connectivity index (χ1n) is 15.5. The highest BCUT2D eigenvalue weighted by Gasteiger charge is 2.24. The average molecular weight is 691 g/mol. The highest BCUT2D eigenvalue weighted by Crippen LogP contribution is 2.33. The maximum atomic E-state index is 15.6. The van der Waals surface area contributed by atoms with Crippen molar-refractivity contribution in [2.75, 3.05) is 17.6 Å². The molecular weight excluding hydrogens is 651 g/mol. The van der Waals surface area contributed by atoms with Gasteiger partial charge >= 0.3 is 0 Å². The van der Waals surface area contributed by atoms with E-state index in [1.807, 2.05) is 56.3 Å². The van der Waals surface area contributed by atoms with E-state index in [1.54, 1.807) is 36.4 Å². The molecule has 10 heteroatoms. The maximum Gasteiger partial charge on any atom is 0.266 e. The SMILES string of the molecule is Cc1cc(Cl)ccc1-c1cc(F)c(NC(=O)C(Cc2ccc(C(=O)NCCS(=O)(=O)O)cc2)c2ccc(/C=C/C(C)(C)C)cc2)cc1C. The van der Waals surface area contributed by atoms with Gasteiger partial charge in [-0.1, -0.05) is 87.0 Å². The third-order valence-electron chi connectivity index (χ3n) is 7.78. The summed E-state index contributed by atoms with van der Waals surface area (Å²) in [5.74, 6) is -2.75. The van der Waals surface area contributed by atoms with Gasteiger partial charge in [0.05, 0.1) is 17.4 Å². The van der Waals surface area contributed by atoms with Gasteiger partial charge in [-0.05, 0) is 101 Å². The Morgan fingerprint density at radius 3 is 2.17 bits per heavy atom. The van der Waals surface area contributed by atoms with Crippen molar-refractivity contribution in [3.8, 4) is 11.1 Å². The average Bonchev–Trinajstić information content (AvgIpc) is 3.00. The second-order valence-electron chi connectivity index (χ2n) is 13.0. The first-order chi connectivity index (χ1) is 22.5.